The molecule has 1 saturated heterocycles. The van der Waals surface area contributed by atoms with Crippen LogP contribution in [0.3, 0.4) is 0 Å². The third-order valence-corrected chi connectivity index (χ3v) is 9.37. The number of nitrogens with zero attached hydrogens (tertiary/aromatic N) is 7. The maximum absolute atomic E-state index is 13.7. The van der Waals surface area contributed by atoms with Crippen LogP contribution in [-0.2, 0) is 20.1 Å². The van der Waals surface area contributed by atoms with E-state index in [1.165, 1.54) is 12.8 Å². The summed E-state index contributed by atoms with van der Waals surface area (Å²) in [7, 11) is 1.91. The fourth-order valence-electron chi connectivity index (χ4n) is 6.89. The van der Waals surface area contributed by atoms with E-state index in [0.717, 1.165) is 59.6 Å². The molecule has 1 aromatic carbocycles. The number of pyridine rings is 1. The summed E-state index contributed by atoms with van der Waals surface area (Å²) in [5, 5.41) is 5.98. The molecule has 4 aromatic heterocycles. The topological polar surface area (TPSA) is 99.8 Å². The molecule has 0 radical (unpaired) electrons. The van der Waals surface area contributed by atoms with Gasteiger partial charge in [0.05, 0.1) is 34.5 Å². The van der Waals surface area contributed by atoms with Gasteiger partial charge >= 0.3 is 0 Å². The van der Waals surface area contributed by atoms with E-state index >= 15 is 0 Å². The van der Waals surface area contributed by atoms with Crippen molar-refractivity contribution in [3.05, 3.63) is 65.1 Å². The Balaban J connectivity index is 1.29. The van der Waals surface area contributed by atoms with Crippen molar-refractivity contribution in [3.8, 4) is 11.5 Å². The maximum Gasteiger partial charge on any atom is 0.254 e. The van der Waals surface area contributed by atoms with Gasteiger partial charge in [0, 0.05) is 61.1 Å². The Morgan fingerprint density at radius 1 is 1.15 bits per heavy atom. The third-order valence-electron chi connectivity index (χ3n) is 9.08. The fraction of sp³-hybridized carbons (Fsp3) is 0.400. The molecule has 3 aliphatic rings. The first-order chi connectivity index (χ1) is 19.4. The molecule has 2 bridgehead atoms. The standard InChI is InChI=1S/C30H31ClN8O/c1-36-13-18(12-34-36)15-39-27-22(31)9-21(30(40)38-16-20-6-7-24(38)26(20)32)10-23(27)35-29(39)25-11-19-3-2-8-33-28(19)37(25)14-17-4-5-17/h2-3,8-13,17,20,24,26H,4-7,14-16,32H2,1H3/t20?,24?,26-/m1/s1. The average Bonchev–Trinajstić information content (AvgIpc) is 3.22. The van der Waals surface area contributed by atoms with Gasteiger partial charge in [-0.3, -0.25) is 9.48 Å². The summed E-state index contributed by atoms with van der Waals surface area (Å²) in [6, 6.07) is 10.1. The van der Waals surface area contributed by atoms with Crippen LogP contribution in [0, 0.1) is 11.8 Å². The van der Waals surface area contributed by atoms with Crippen molar-refractivity contribution in [1.82, 2.24) is 33.8 Å². The lowest BCUT2D eigenvalue weighted by Gasteiger charge is -2.27. The monoisotopic (exact) mass is 554 g/mol. The molecule has 2 aliphatic carbocycles. The van der Waals surface area contributed by atoms with E-state index in [0.29, 0.717) is 34.5 Å². The SMILES string of the molecule is Cn1cc(Cn2c(-c3cc4cccnc4n3CC3CC3)nc3cc(C(=O)N4CC5CCC4[C@@H]5N)cc(Cl)c32)cn1. The van der Waals surface area contributed by atoms with Gasteiger partial charge in [-0.15, -0.1) is 0 Å². The number of carbonyl (C=O) groups excluding carboxylic acids is 1. The maximum atomic E-state index is 13.7. The molecule has 3 atom stereocenters. The number of hydrogen-bond donors (Lipinski definition) is 1. The number of benzene rings is 1. The smallest absolute Gasteiger partial charge is 0.254 e. The Bertz CT molecular complexity index is 1800. The Hall–Kier alpha value is -3.69. The quantitative estimate of drug-likeness (QED) is 0.334. The first kappa shape index (κ1) is 24.1. The Morgan fingerprint density at radius 3 is 2.75 bits per heavy atom. The highest BCUT2D eigenvalue weighted by Gasteiger charge is 2.47. The molecule has 3 fully saturated rings. The van der Waals surface area contributed by atoms with E-state index in [9.17, 15) is 4.79 Å². The molecule has 8 rings (SSSR count). The van der Waals surface area contributed by atoms with Crippen LogP contribution < -0.4 is 5.73 Å². The van der Waals surface area contributed by atoms with Crippen LogP contribution in [-0.4, -0.2) is 58.3 Å². The second-order valence-electron chi connectivity index (χ2n) is 11.8. The zero-order valence-corrected chi connectivity index (χ0v) is 23.1. The summed E-state index contributed by atoms with van der Waals surface area (Å²) in [6.45, 7) is 2.17. The minimum Gasteiger partial charge on any atom is -0.334 e. The number of rotatable bonds is 6. The van der Waals surface area contributed by atoms with E-state index in [2.05, 4.69) is 26.4 Å². The highest BCUT2D eigenvalue weighted by molar-refractivity contribution is 6.35. The summed E-state index contributed by atoms with van der Waals surface area (Å²) in [5.41, 5.74) is 11.5. The Kier molecular flexibility index (Phi) is 5.37. The number of fused-ring (bicyclic) bond motifs is 4. The van der Waals surface area contributed by atoms with Gasteiger partial charge in [-0.1, -0.05) is 11.6 Å². The Morgan fingerprint density at radius 2 is 2.02 bits per heavy atom. The summed E-state index contributed by atoms with van der Waals surface area (Å²) >= 11 is 7.01. The summed E-state index contributed by atoms with van der Waals surface area (Å²) < 4.78 is 6.26. The predicted octanol–water partition coefficient (Wildman–Crippen LogP) is 4.46. The minimum absolute atomic E-state index is 0.0122. The van der Waals surface area contributed by atoms with Crippen molar-refractivity contribution in [2.45, 2.75) is 50.9 Å². The number of amides is 1. The second kappa shape index (κ2) is 8.91. The molecular weight excluding hydrogens is 524 g/mol. The molecule has 1 amide bonds. The van der Waals surface area contributed by atoms with Gasteiger partial charge in [0.15, 0.2) is 5.82 Å². The molecule has 2 saturated carbocycles. The highest BCUT2D eigenvalue weighted by atomic mass is 35.5. The lowest BCUT2D eigenvalue weighted by molar-refractivity contribution is 0.0701. The molecule has 2 unspecified atom stereocenters. The molecule has 0 spiro atoms. The van der Waals surface area contributed by atoms with Crippen molar-refractivity contribution < 1.29 is 4.79 Å². The van der Waals surface area contributed by atoms with E-state index in [1.54, 1.807) is 10.7 Å². The van der Waals surface area contributed by atoms with Gasteiger partial charge in [-0.25, -0.2) is 9.97 Å². The van der Waals surface area contributed by atoms with Crippen molar-refractivity contribution in [2.24, 2.45) is 24.6 Å². The highest BCUT2D eigenvalue weighted by Crippen LogP contribution is 2.40. The minimum atomic E-state index is -0.0122. The van der Waals surface area contributed by atoms with Crippen LogP contribution in [0.2, 0.25) is 5.02 Å². The number of likely N-dealkylation sites (tertiary alicyclic amines) is 1. The molecule has 2 N–H and O–H groups in total. The molecule has 5 heterocycles. The van der Waals surface area contributed by atoms with E-state index in [1.807, 2.05) is 42.7 Å². The van der Waals surface area contributed by atoms with Gasteiger partial charge < -0.3 is 19.8 Å². The summed E-state index contributed by atoms with van der Waals surface area (Å²) in [5.74, 6) is 1.84. The Labute approximate surface area is 236 Å². The van der Waals surface area contributed by atoms with E-state index in [4.69, 9.17) is 27.3 Å². The van der Waals surface area contributed by atoms with Crippen LogP contribution in [0.25, 0.3) is 33.6 Å². The third kappa shape index (κ3) is 3.78. The van der Waals surface area contributed by atoms with Crippen molar-refractivity contribution >= 4 is 39.6 Å². The molecule has 10 heteroatoms. The van der Waals surface area contributed by atoms with Crippen LogP contribution in [0.4, 0.5) is 0 Å². The van der Waals surface area contributed by atoms with Gasteiger partial charge in [0.1, 0.15) is 5.65 Å². The number of imidazole rings is 1. The first-order valence-electron chi connectivity index (χ1n) is 14.1. The number of piperidine rings is 1. The number of carbonyl (C=O) groups is 1. The molecular formula is C30H31ClN8O. The van der Waals surface area contributed by atoms with Crippen LogP contribution in [0.1, 0.15) is 41.6 Å². The van der Waals surface area contributed by atoms with Gasteiger partial charge in [-0.2, -0.15) is 5.10 Å². The molecule has 9 nitrogen and oxygen atoms in total. The summed E-state index contributed by atoms with van der Waals surface area (Å²) in [4.78, 5) is 25.5. The zero-order valence-electron chi connectivity index (χ0n) is 22.4. The normalized spacial score (nSPS) is 22.3. The number of hydrogen-bond acceptors (Lipinski definition) is 5. The van der Waals surface area contributed by atoms with Crippen molar-refractivity contribution in [1.29, 1.82) is 0 Å². The average molecular weight is 555 g/mol. The molecule has 1 aliphatic heterocycles. The largest absolute Gasteiger partial charge is 0.334 e. The van der Waals surface area contributed by atoms with E-state index < -0.39 is 0 Å². The van der Waals surface area contributed by atoms with Gasteiger partial charge in [0.2, 0.25) is 0 Å². The molecule has 5 aromatic rings. The number of aryl methyl sites for hydroxylation is 1. The number of halogens is 1. The van der Waals surface area contributed by atoms with Crippen LogP contribution in [0.5, 0.6) is 0 Å². The van der Waals surface area contributed by atoms with Crippen molar-refractivity contribution in [3.63, 3.8) is 0 Å². The fourth-order valence-corrected chi connectivity index (χ4v) is 7.21. The summed E-state index contributed by atoms with van der Waals surface area (Å²) in [6.07, 6.45) is 10.3. The van der Waals surface area contributed by atoms with Gasteiger partial charge in [-0.05, 0) is 67.9 Å². The molecule has 40 heavy (non-hydrogen) atoms. The van der Waals surface area contributed by atoms with Crippen molar-refractivity contribution in [2.75, 3.05) is 6.54 Å². The zero-order chi connectivity index (χ0) is 27.1. The predicted molar refractivity (Wildman–Crippen MR) is 154 cm³/mol. The second-order valence-corrected chi connectivity index (χ2v) is 12.2. The van der Waals surface area contributed by atoms with Gasteiger partial charge in [0.25, 0.3) is 5.91 Å². The number of nitrogens with two attached hydrogens (primary N) is 1. The van der Waals surface area contributed by atoms with E-state index in [-0.39, 0.29) is 18.0 Å². The number of aromatic nitrogens is 6. The van der Waals surface area contributed by atoms with Crippen LogP contribution >= 0.6 is 11.6 Å². The molecule has 204 valence electrons. The first-order valence-corrected chi connectivity index (χ1v) is 14.5. The van der Waals surface area contributed by atoms with Crippen LogP contribution in [0.15, 0.2) is 48.9 Å². The lowest BCUT2D eigenvalue weighted by Crippen LogP contribution is -2.41. The lowest BCUT2D eigenvalue weighted by atomic mass is 10.1.